The Morgan fingerprint density at radius 1 is 0.962 bits per heavy atom. The minimum atomic E-state index is -1.26. The summed E-state index contributed by atoms with van der Waals surface area (Å²) in [6, 6.07) is 6.43. The number of fused-ring (bicyclic) bond motifs is 1. The lowest BCUT2D eigenvalue weighted by Gasteiger charge is -2.17. The molecular formula is C18H14O8. The van der Waals surface area contributed by atoms with E-state index in [9.17, 15) is 30.0 Å². The third-order valence-electron chi connectivity index (χ3n) is 4.07. The number of phenolic OH excluding ortho intramolecular Hbond substituents is 3. The van der Waals surface area contributed by atoms with Gasteiger partial charge in [-0.2, -0.15) is 0 Å². The van der Waals surface area contributed by atoms with E-state index in [1.54, 1.807) is 0 Å². The van der Waals surface area contributed by atoms with E-state index in [1.807, 2.05) is 0 Å². The van der Waals surface area contributed by atoms with Crippen LogP contribution in [0.4, 0.5) is 0 Å². The first-order valence-corrected chi connectivity index (χ1v) is 7.47. The van der Waals surface area contributed by atoms with Crippen molar-refractivity contribution < 1.29 is 39.9 Å². The molecule has 2 aromatic rings. The summed E-state index contributed by atoms with van der Waals surface area (Å²) in [5.41, 5.74) is 0.683. The molecule has 5 N–H and O–H groups in total. The van der Waals surface area contributed by atoms with Crippen molar-refractivity contribution in [2.24, 2.45) is 0 Å². The second kappa shape index (κ2) is 6.32. The highest BCUT2D eigenvalue weighted by atomic mass is 16.5. The fourth-order valence-corrected chi connectivity index (χ4v) is 2.93. The molecule has 1 aliphatic heterocycles. The number of aromatic hydroxyl groups is 3. The summed E-state index contributed by atoms with van der Waals surface area (Å²) in [5, 5.41) is 47.7. The number of carboxylic acids is 2. The molecular weight excluding hydrogens is 344 g/mol. The van der Waals surface area contributed by atoms with Crippen LogP contribution in [0.1, 0.15) is 28.7 Å². The average Bonchev–Trinajstić information content (AvgIpc) is 2.98. The number of benzene rings is 2. The van der Waals surface area contributed by atoms with Gasteiger partial charge in [0.2, 0.25) is 0 Å². The number of aliphatic carboxylic acids is 2. The van der Waals surface area contributed by atoms with Crippen molar-refractivity contribution in [3.05, 3.63) is 53.1 Å². The summed E-state index contributed by atoms with van der Waals surface area (Å²) >= 11 is 0. The minimum absolute atomic E-state index is 0.0671. The van der Waals surface area contributed by atoms with E-state index in [0.29, 0.717) is 0 Å². The first-order valence-electron chi connectivity index (χ1n) is 7.47. The van der Waals surface area contributed by atoms with Gasteiger partial charge in [-0.1, -0.05) is 12.1 Å². The molecule has 1 aliphatic rings. The lowest BCUT2D eigenvalue weighted by molar-refractivity contribution is -0.140. The molecule has 0 unspecified atom stereocenters. The Morgan fingerprint density at radius 2 is 1.65 bits per heavy atom. The average molecular weight is 358 g/mol. The molecule has 8 nitrogen and oxygen atoms in total. The Labute approximate surface area is 146 Å². The van der Waals surface area contributed by atoms with Crippen molar-refractivity contribution in [1.82, 2.24) is 0 Å². The van der Waals surface area contributed by atoms with Crippen LogP contribution in [-0.4, -0.2) is 37.5 Å². The first-order chi connectivity index (χ1) is 12.3. The van der Waals surface area contributed by atoms with Crippen LogP contribution in [0.2, 0.25) is 0 Å². The predicted octanol–water partition coefficient (Wildman–Crippen LogP) is 2.20. The standard InChI is InChI=1S/C18H14O8/c19-10-4-2-9(7-12(10)21)16-15(18(24)25)14-8(3-6-13(22)23)1-5-11(20)17(14)26-16/h1-7,15-16,19-21H,(H,22,23)(H,24,25)/t15-,16+/m1/s1. The van der Waals surface area contributed by atoms with Gasteiger partial charge >= 0.3 is 11.9 Å². The molecule has 8 heteroatoms. The molecule has 0 aliphatic carbocycles. The summed E-state index contributed by atoms with van der Waals surface area (Å²) in [6.07, 6.45) is 0.987. The van der Waals surface area contributed by atoms with Crippen LogP contribution in [0, 0.1) is 0 Å². The van der Waals surface area contributed by atoms with Crippen molar-refractivity contribution in [3.63, 3.8) is 0 Å². The molecule has 0 spiro atoms. The zero-order valence-electron chi connectivity index (χ0n) is 13.2. The van der Waals surface area contributed by atoms with Crippen LogP contribution >= 0.6 is 0 Å². The van der Waals surface area contributed by atoms with E-state index >= 15 is 0 Å². The summed E-state index contributed by atoms with van der Waals surface area (Å²) < 4.78 is 5.64. The number of phenols is 3. The maximum Gasteiger partial charge on any atom is 0.328 e. The fraction of sp³-hybridized carbons (Fsp3) is 0.111. The van der Waals surface area contributed by atoms with Crippen LogP contribution in [0.5, 0.6) is 23.0 Å². The van der Waals surface area contributed by atoms with Crippen molar-refractivity contribution in [3.8, 4) is 23.0 Å². The number of hydrogen-bond donors (Lipinski definition) is 5. The van der Waals surface area contributed by atoms with Crippen LogP contribution in [0.15, 0.2) is 36.4 Å². The molecule has 0 amide bonds. The largest absolute Gasteiger partial charge is 0.504 e. The first kappa shape index (κ1) is 17.2. The molecule has 0 saturated heterocycles. The molecule has 2 aromatic carbocycles. The Morgan fingerprint density at radius 3 is 2.27 bits per heavy atom. The number of carboxylic acid groups (broad SMARTS) is 2. The fourth-order valence-electron chi connectivity index (χ4n) is 2.93. The lowest BCUT2D eigenvalue weighted by Crippen LogP contribution is -2.18. The topological polar surface area (TPSA) is 145 Å². The van der Waals surface area contributed by atoms with Gasteiger partial charge in [0.25, 0.3) is 0 Å². The maximum absolute atomic E-state index is 11.9. The molecule has 2 atom stereocenters. The van der Waals surface area contributed by atoms with Gasteiger partial charge in [-0.05, 0) is 35.4 Å². The molecule has 0 bridgehead atoms. The molecule has 0 aromatic heterocycles. The van der Waals surface area contributed by atoms with Crippen molar-refractivity contribution in [1.29, 1.82) is 0 Å². The normalized spacial score (nSPS) is 18.5. The van der Waals surface area contributed by atoms with E-state index in [1.165, 1.54) is 36.4 Å². The summed E-state index contributed by atoms with van der Waals surface area (Å²) in [5.74, 6) is -4.89. The highest BCUT2D eigenvalue weighted by Gasteiger charge is 2.43. The van der Waals surface area contributed by atoms with Gasteiger partial charge in [0.1, 0.15) is 12.0 Å². The predicted molar refractivity (Wildman–Crippen MR) is 88.3 cm³/mol. The Bertz CT molecular complexity index is 931. The number of rotatable bonds is 4. The second-order valence-corrected chi connectivity index (χ2v) is 5.69. The summed E-state index contributed by atoms with van der Waals surface area (Å²) in [4.78, 5) is 22.7. The molecule has 1 heterocycles. The molecule has 26 heavy (non-hydrogen) atoms. The van der Waals surface area contributed by atoms with Gasteiger partial charge < -0.3 is 30.3 Å². The van der Waals surface area contributed by atoms with E-state index in [4.69, 9.17) is 9.84 Å². The summed E-state index contributed by atoms with van der Waals surface area (Å²) in [6.45, 7) is 0. The second-order valence-electron chi connectivity index (χ2n) is 5.69. The van der Waals surface area contributed by atoms with E-state index in [2.05, 4.69) is 0 Å². The zero-order chi connectivity index (χ0) is 19.0. The maximum atomic E-state index is 11.9. The lowest BCUT2D eigenvalue weighted by atomic mass is 9.88. The number of ether oxygens (including phenoxy) is 1. The van der Waals surface area contributed by atoms with Gasteiger partial charge in [-0.15, -0.1) is 0 Å². The minimum Gasteiger partial charge on any atom is -0.504 e. The third kappa shape index (κ3) is 2.88. The van der Waals surface area contributed by atoms with E-state index < -0.39 is 29.7 Å². The van der Waals surface area contributed by atoms with Crippen LogP contribution in [-0.2, 0) is 9.59 Å². The van der Waals surface area contributed by atoms with Gasteiger partial charge in [0.15, 0.2) is 23.0 Å². The molecule has 3 rings (SSSR count). The van der Waals surface area contributed by atoms with E-state index in [-0.39, 0.29) is 33.9 Å². The monoisotopic (exact) mass is 358 g/mol. The quantitative estimate of drug-likeness (QED) is 0.413. The Kier molecular flexibility index (Phi) is 4.17. The SMILES string of the molecule is O=C(O)C=Cc1ccc(O)c2c1[C@@H](C(=O)O)[C@H](c1ccc(O)c(O)c1)O2. The molecule has 0 saturated carbocycles. The molecule has 0 radical (unpaired) electrons. The highest BCUT2D eigenvalue weighted by Crippen LogP contribution is 2.52. The molecule has 0 fully saturated rings. The number of carbonyl (C=O) groups is 2. The van der Waals surface area contributed by atoms with Crippen LogP contribution in [0.3, 0.4) is 0 Å². The van der Waals surface area contributed by atoms with E-state index in [0.717, 1.165) is 6.08 Å². The van der Waals surface area contributed by atoms with Crippen LogP contribution < -0.4 is 4.74 Å². The Balaban J connectivity index is 2.15. The smallest absolute Gasteiger partial charge is 0.328 e. The van der Waals surface area contributed by atoms with Crippen molar-refractivity contribution in [2.45, 2.75) is 12.0 Å². The zero-order valence-corrected chi connectivity index (χ0v) is 13.2. The highest BCUT2D eigenvalue weighted by molar-refractivity contribution is 5.88. The Hall–Kier alpha value is -3.68. The van der Waals surface area contributed by atoms with Crippen molar-refractivity contribution in [2.75, 3.05) is 0 Å². The van der Waals surface area contributed by atoms with Gasteiger partial charge in [-0.25, -0.2) is 4.79 Å². The van der Waals surface area contributed by atoms with Gasteiger partial charge in [0, 0.05) is 11.6 Å². The van der Waals surface area contributed by atoms with Crippen molar-refractivity contribution >= 4 is 18.0 Å². The third-order valence-corrected chi connectivity index (χ3v) is 4.07. The number of hydrogen-bond acceptors (Lipinski definition) is 6. The molecule has 134 valence electrons. The van der Waals surface area contributed by atoms with Gasteiger partial charge in [-0.3, -0.25) is 4.79 Å². The summed E-state index contributed by atoms with van der Waals surface area (Å²) in [7, 11) is 0. The van der Waals surface area contributed by atoms with Gasteiger partial charge in [0.05, 0.1) is 0 Å². The van der Waals surface area contributed by atoms with Crippen LogP contribution in [0.25, 0.3) is 6.08 Å².